The van der Waals surface area contributed by atoms with Gasteiger partial charge in [0.15, 0.2) is 5.58 Å². The van der Waals surface area contributed by atoms with Crippen LogP contribution in [0.2, 0.25) is 0 Å². The number of oxazole rings is 1. The number of hydrogen-bond donors (Lipinski definition) is 0. The fraction of sp³-hybridized carbons (Fsp3) is 0.440. The molecule has 3 aromatic rings. The van der Waals surface area contributed by atoms with Crippen LogP contribution in [-0.2, 0) is 0 Å². The van der Waals surface area contributed by atoms with Crippen LogP contribution in [0.25, 0.3) is 11.1 Å². The number of anilines is 1. The van der Waals surface area contributed by atoms with Crippen LogP contribution in [0.1, 0.15) is 48.9 Å². The van der Waals surface area contributed by atoms with Crippen molar-refractivity contribution < 1.29 is 9.21 Å². The third-order valence-corrected chi connectivity index (χ3v) is 6.72. The first-order valence-corrected chi connectivity index (χ1v) is 11.3. The molecule has 0 saturated carbocycles. The number of carbonyl (C=O) groups is 1. The van der Waals surface area contributed by atoms with Crippen molar-refractivity contribution in [2.75, 3.05) is 24.5 Å². The molecule has 2 aromatic carbocycles. The summed E-state index contributed by atoms with van der Waals surface area (Å²) in [6, 6.07) is 18.8. The van der Waals surface area contributed by atoms with E-state index in [0.29, 0.717) is 12.0 Å². The molecule has 5 heteroatoms. The van der Waals surface area contributed by atoms with E-state index in [2.05, 4.69) is 14.8 Å². The monoisotopic (exact) mass is 403 g/mol. The van der Waals surface area contributed by atoms with Gasteiger partial charge in [0.1, 0.15) is 5.52 Å². The van der Waals surface area contributed by atoms with E-state index in [1.54, 1.807) is 0 Å². The summed E-state index contributed by atoms with van der Waals surface area (Å²) >= 11 is 0. The number of nitrogens with zero attached hydrogens (tertiary/aromatic N) is 3. The van der Waals surface area contributed by atoms with Crippen molar-refractivity contribution >= 4 is 23.0 Å². The average molecular weight is 404 g/mol. The van der Waals surface area contributed by atoms with Crippen molar-refractivity contribution in [1.82, 2.24) is 9.88 Å². The van der Waals surface area contributed by atoms with Crippen LogP contribution in [0.3, 0.4) is 0 Å². The summed E-state index contributed by atoms with van der Waals surface area (Å²) in [6.07, 6.45) is 6.80. The van der Waals surface area contributed by atoms with Crippen LogP contribution in [0.5, 0.6) is 0 Å². The second-order valence-electron chi connectivity index (χ2n) is 8.57. The highest BCUT2D eigenvalue weighted by Crippen LogP contribution is 2.33. The molecule has 0 N–H and O–H groups in total. The maximum Gasteiger partial charge on any atom is 0.298 e. The van der Waals surface area contributed by atoms with E-state index in [0.717, 1.165) is 68.0 Å². The van der Waals surface area contributed by atoms with Crippen LogP contribution >= 0.6 is 0 Å². The van der Waals surface area contributed by atoms with Gasteiger partial charge < -0.3 is 14.2 Å². The summed E-state index contributed by atoms with van der Waals surface area (Å²) in [6.45, 7) is 2.74. The molecule has 0 bridgehead atoms. The Balaban J connectivity index is 1.30. The minimum Gasteiger partial charge on any atom is -0.423 e. The van der Waals surface area contributed by atoms with Crippen LogP contribution in [-0.4, -0.2) is 41.5 Å². The summed E-state index contributed by atoms with van der Waals surface area (Å²) in [5, 5.41) is 0. The van der Waals surface area contributed by atoms with Crippen molar-refractivity contribution in [3.8, 4) is 0 Å². The SMILES string of the molecule is O=C(c1ccccc1)N1CCCCCC1C1CCN(c2nc3ccccc3o2)CC1. The molecule has 1 amide bonds. The second-order valence-corrected chi connectivity index (χ2v) is 8.57. The van der Waals surface area contributed by atoms with Gasteiger partial charge in [-0.25, -0.2) is 0 Å². The Morgan fingerprint density at radius 3 is 2.43 bits per heavy atom. The molecule has 2 aliphatic rings. The predicted octanol–water partition coefficient (Wildman–Crippen LogP) is 5.13. The number of rotatable bonds is 3. The number of piperidine rings is 1. The molecule has 5 nitrogen and oxygen atoms in total. The van der Waals surface area contributed by atoms with E-state index in [9.17, 15) is 4.79 Å². The molecule has 2 saturated heterocycles. The number of hydrogen-bond acceptors (Lipinski definition) is 4. The van der Waals surface area contributed by atoms with E-state index < -0.39 is 0 Å². The van der Waals surface area contributed by atoms with Gasteiger partial charge in [0, 0.05) is 31.2 Å². The molecule has 2 aliphatic heterocycles. The Hall–Kier alpha value is -2.82. The third kappa shape index (κ3) is 3.81. The average Bonchev–Trinajstić information content (AvgIpc) is 3.09. The molecule has 1 atom stereocenters. The van der Waals surface area contributed by atoms with Crippen molar-refractivity contribution in [3.63, 3.8) is 0 Å². The van der Waals surface area contributed by atoms with E-state index in [4.69, 9.17) is 4.42 Å². The lowest BCUT2D eigenvalue weighted by atomic mass is 9.86. The standard InChI is InChI=1S/C25H29N3O2/c29-24(20-9-3-1-4-10-20)28-16-8-2-5-12-22(28)19-14-17-27(18-15-19)25-26-21-11-6-7-13-23(21)30-25/h1,3-4,6-7,9-11,13,19,22H,2,5,8,12,14-18H2. The fourth-order valence-electron chi connectivity index (χ4n) is 5.09. The Morgan fingerprint density at radius 2 is 1.63 bits per heavy atom. The Labute approximate surface area is 177 Å². The Kier molecular flexibility index (Phi) is 5.43. The summed E-state index contributed by atoms with van der Waals surface area (Å²) in [5.74, 6) is 0.736. The third-order valence-electron chi connectivity index (χ3n) is 6.72. The van der Waals surface area contributed by atoms with Gasteiger partial charge in [-0.1, -0.05) is 43.2 Å². The lowest BCUT2D eigenvalue weighted by Crippen LogP contribution is -2.48. The molecule has 30 heavy (non-hydrogen) atoms. The summed E-state index contributed by atoms with van der Waals surface area (Å²) < 4.78 is 5.98. The number of benzene rings is 2. The van der Waals surface area contributed by atoms with Crippen molar-refractivity contribution in [2.24, 2.45) is 5.92 Å². The Bertz CT molecular complexity index is 959. The lowest BCUT2D eigenvalue weighted by Gasteiger charge is -2.40. The smallest absolute Gasteiger partial charge is 0.298 e. The first-order chi connectivity index (χ1) is 14.8. The maximum atomic E-state index is 13.3. The van der Waals surface area contributed by atoms with Crippen molar-refractivity contribution in [3.05, 3.63) is 60.2 Å². The maximum absolute atomic E-state index is 13.3. The molecular formula is C25H29N3O2. The highest BCUT2D eigenvalue weighted by Gasteiger charge is 2.35. The highest BCUT2D eigenvalue weighted by molar-refractivity contribution is 5.94. The molecule has 5 rings (SSSR count). The van der Waals surface area contributed by atoms with Crippen LogP contribution in [0, 0.1) is 5.92 Å². The van der Waals surface area contributed by atoms with Gasteiger partial charge in [0.2, 0.25) is 0 Å². The van der Waals surface area contributed by atoms with Gasteiger partial charge in [-0.05, 0) is 55.9 Å². The van der Waals surface area contributed by atoms with Gasteiger partial charge in [-0.2, -0.15) is 4.98 Å². The molecule has 156 valence electrons. The van der Waals surface area contributed by atoms with Crippen LogP contribution < -0.4 is 4.90 Å². The van der Waals surface area contributed by atoms with Crippen LogP contribution in [0.4, 0.5) is 6.01 Å². The number of likely N-dealkylation sites (tertiary alicyclic amines) is 1. The van der Waals surface area contributed by atoms with Gasteiger partial charge >= 0.3 is 0 Å². The normalized spacial score (nSPS) is 21.0. The summed E-state index contributed by atoms with van der Waals surface area (Å²) in [5.41, 5.74) is 2.57. The van der Waals surface area contributed by atoms with E-state index >= 15 is 0 Å². The van der Waals surface area contributed by atoms with Crippen LogP contribution in [0.15, 0.2) is 59.0 Å². The predicted molar refractivity (Wildman–Crippen MR) is 119 cm³/mol. The second kappa shape index (κ2) is 8.50. The van der Waals surface area contributed by atoms with Gasteiger partial charge in [-0.15, -0.1) is 0 Å². The molecule has 0 spiro atoms. The summed E-state index contributed by atoms with van der Waals surface area (Å²) in [7, 11) is 0. The van der Waals surface area contributed by atoms with Crippen molar-refractivity contribution in [2.45, 2.75) is 44.6 Å². The van der Waals surface area contributed by atoms with Gasteiger partial charge in [-0.3, -0.25) is 4.79 Å². The number of carbonyl (C=O) groups excluding carboxylic acids is 1. The number of para-hydroxylation sites is 2. The number of aromatic nitrogens is 1. The lowest BCUT2D eigenvalue weighted by molar-refractivity contribution is 0.0587. The number of amides is 1. The molecule has 0 aliphatic carbocycles. The van der Waals surface area contributed by atoms with E-state index in [1.807, 2.05) is 54.6 Å². The largest absolute Gasteiger partial charge is 0.423 e. The first kappa shape index (κ1) is 19.2. The quantitative estimate of drug-likeness (QED) is 0.608. The minimum absolute atomic E-state index is 0.198. The fourth-order valence-corrected chi connectivity index (χ4v) is 5.09. The van der Waals surface area contributed by atoms with E-state index in [1.165, 1.54) is 12.8 Å². The van der Waals surface area contributed by atoms with Gasteiger partial charge in [0.25, 0.3) is 11.9 Å². The number of fused-ring (bicyclic) bond motifs is 1. The molecule has 2 fully saturated rings. The first-order valence-electron chi connectivity index (χ1n) is 11.3. The molecule has 0 radical (unpaired) electrons. The zero-order valence-corrected chi connectivity index (χ0v) is 17.4. The summed E-state index contributed by atoms with van der Waals surface area (Å²) in [4.78, 5) is 22.4. The minimum atomic E-state index is 0.198. The topological polar surface area (TPSA) is 49.6 Å². The van der Waals surface area contributed by atoms with Crippen molar-refractivity contribution in [1.29, 1.82) is 0 Å². The zero-order valence-electron chi connectivity index (χ0n) is 17.4. The van der Waals surface area contributed by atoms with E-state index in [-0.39, 0.29) is 5.91 Å². The highest BCUT2D eigenvalue weighted by atomic mass is 16.4. The zero-order chi connectivity index (χ0) is 20.3. The molecule has 1 unspecified atom stereocenters. The van der Waals surface area contributed by atoms with Gasteiger partial charge in [0.05, 0.1) is 0 Å². The molecule has 3 heterocycles. The molecule has 1 aromatic heterocycles. The Morgan fingerprint density at radius 1 is 0.867 bits per heavy atom. The molecular weight excluding hydrogens is 374 g/mol.